The zero-order valence-electron chi connectivity index (χ0n) is 22.6. The zero-order valence-corrected chi connectivity index (χ0v) is 23.4. The largest absolute Gasteiger partial charge is 0.493 e. The van der Waals surface area contributed by atoms with E-state index in [0.29, 0.717) is 36.6 Å². The average molecular weight is 545 g/mol. The predicted molar refractivity (Wildman–Crippen MR) is 152 cm³/mol. The van der Waals surface area contributed by atoms with Gasteiger partial charge in [0.1, 0.15) is 11.7 Å². The molecule has 1 aromatic heterocycles. The van der Waals surface area contributed by atoms with E-state index in [9.17, 15) is 4.79 Å². The lowest BCUT2D eigenvalue weighted by molar-refractivity contribution is -0.118. The molecule has 1 aliphatic heterocycles. The number of nitrogens with zero attached hydrogens (tertiary/aromatic N) is 3. The molecule has 9 nitrogen and oxygen atoms in total. The number of unbranched alkanes of at least 4 members (excludes halogenated alkanes) is 1. The number of nitrogens with one attached hydrogen (secondary N) is 3. The van der Waals surface area contributed by atoms with Crippen molar-refractivity contribution < 1.29 is 14.3 Å². The number of aromatic nitrogens is 2. The molecule has 2 aromatic rings. The molecule has 10 heteroatoms. The molecule has 208 valence electrons. The molecule has 2 heterocycles. The second kappa shape index (κ2) is 12.6. The van der Waals surface area contributed by atoms with Gasteiger partial charge >= 0.3 is 0 Å². The highest BCUT2D eigenvalue weighted by Gasteiger charge is 2.42. The lowest BCUT2D eigenvalue weighted by Gasteiger charge is -2.40. The molecular formula is C28H41ClN6O3. The number of carbonyl (C=O) groups is 1. The van der Waals surface area contributed by atoms with Crippen molar-refractivity contribution >= 4 is 40.2 Å². The van der Waals surface area contributed by atoms with Crippen LogP contribution in [0.1, 0.15) is 51.4 Å². The van der Waals surface area contributed by atoms with Crippen molar-refractivity contribution in [3.05, 3.63) is 12.1 Å². The molecule has 1 amide bonds. The molecule has 3 fully saturated rings. The third kappa shape index (κ3) is 6.20. The Kier molecular flexibility index (Phi) is 8.94. The number of alkyl halides is 1. The van der Waals surface area contributed by atoms with Crippen LogP contribution in [-0.4, -0.2) is 79.1 Å². The first-order valence-corrected chi connectivity index (χ1v) is 14.6. The normalized spacial score (nSPS) is 23.5. The number of likely N-dealkylation sites (tertiary alicyclic amines) is 1. The van der Waals surface area contributed by atoms with E-state index in [1.165, 1.54) is 25.7 Å². The number of fused-ring (bicyclic) bond motifs is 3. The summed E-state index contributed by atoms with van der Waals surface area (Å²) in [6.07, 6.45) is 9.71. The van der Waals surface area contributed by atoms with Gasteiger partial charge in [0.25, 0.3) is 0 Å². The Bertz CT molecular complexity index is 1110. The van der Waals surface area contributed by atoms with E-state index >= 15 is 0 Å². The van der Waals surface area contributed by atoms with E-state index in [-0.39, 0.29) is 11.8 Å². The molecular weight excluding hydrogens is 504 g/mol. The maximum Gasteiger partial charge on any atom is 0.234 e. The number of ether oxygens (including phenoxy) is 2. The Morgan fingerprint density at radius 2 is 1.79 bits per heavy atom. The van der Waals surface area contributed by atoms with E-state index in [2.05, 4.69) is 20.9 Å². The Balaban J connectivity index is 1.25. The van der Waals surface area contributed by atoms with Crippen molar-refractivity contribution in [2.45, 2.75) is 63.5 Å². The lowest BCUT2D eigenvalue weighted by Crippen LogP contribution is -2.46. The topological polar surface area (TPSA) is 101 Å². The molecule has 0 radical (unpaired) electrons. The molecule has 5 rings (SSSR count). The van der Waals surface area contributed by atoms with Gasteiger partial charge in [0.05, 0.1) is 19.7 Å². The quantitative estimate of drug-likeness (QED) is 0.269. The van der Waals surface area contributed by atoms with Crippen molar-refractivity contribution in [2.24, 2.45) is 11.8 Å². The van der Waals surface area contributed by atoms with Gasteiger partial charge in [0.2, 0.25) is 11.9 Å². The molecule has 3 N–H and O–H groups in total. The molecule has 1 aromatic carbocycles. The molecule has 2 bridgehead atoms. The maximum atomic E-state index is 11.3. The SMILES string of the molecule is COc1cc2nc(NCCCCNC(=O)CCl)nc(NC3CCN(C4CC5CCC4C5)CC3)c2cc1OC. The van der Waals surface area contributed by atoms with Gasteiger partial charge in [-0.15, -0.1) is 11.6 Å². The minimum atomic E-state index is -0.140. The van der Waals surface area contributed by atoms with Gasteiger partial charge in [-0.2, -0.15) is 4.98 Å². The van der Waals surface area contributed by atoms with Gasteiger partial charge < -0.3 is 25.4 Å². The van der Waals surface area contributed by atoms with Crippen LogP contribution in [0.3, 0.4) is 0 Å². The second-order valence-corrected chi connectivity index (χ2v) is 11.2. The summed E-state index contributed by atoms with van der Waals surface area (Å²) >= 11 is 5.53. The summed E-state index contributed by atoms with van der Waals surface area (Å²) < 4.78 is 11.1. The molecule has 2 aliphatic carbocycles. The first kappa shape index (κ1) is 27.1. The molecule has 38 heavy (non-hydrogen) atoms. The van der Waals surface area contributed by atoms with E-state index in [4.69, 9.17) is 31.0 Å². The van der Waals surface area contributed by atoms with Crippen LogP contribution in [0.15, 0.2) is 12.1 Å². The lowest BCUT2D eigenvalue weighted by atomic mass is 9.92. The molecule has 1 saturated heterocycles. The number of amides is 1. The smallest absolute Gasteiger partial charge is 0.234 e. The minimum absolute atomic E-state index is 0.00616. The van der Waals surface area contributed by atoms with Crippen molar-refractivity contribution in [3.8, 4) is 11.5 Å². The van der Waals surface area contributed by atoms with Crippen LogP contribution in [0, 0.1) is 11.8 Å². The highest BCUT2D eigenvalue weighted by atomic mass is 35.5. The Labute approximate surface area is 230 Å². The zero-order chi connectivity index (χ0) is 26.5. The maximum absolute atomic E-state index is 11.3. The van der Waals surface area contributed by atoms with Crippen molar-refractivity contribution in [1.82, 2.24) is 20.2 Å². The van der Waals surface area contributed by atoms with Crippen LogP contribution in [0.5, 0.6) is 11.5 Å². The number of piperidine rings is 1. The fourth-order valence-electron chi connectivity index (χ4n) is 6.60. The Morgan fingerprint density at radius 1 is 1.03 bits per heavy atom. The van der Waals surface area contributed by atoms with Gasteiger partial charge in [-0.25, -0.2) is 4.98 Å². The fourth-order valence-corrected chi connectivity index (χ4v) is 6.69. The minimum Gasteiger partial charge on any atom is -0.493 e. The van der Waals surface area contributed by atoms with Crippen LogP contribution in [0.25, 0.3) is 10.9 Å². The third-order valence-corrected chi connectivity index (χ3v) is 8.81. The molecule has 3 atom stereocenters. The first-order valence-electron chi connectivity index (χ1n) is 14.1. The van der Waals surface area contributed by atoms with Crippen LogP contribution in [-0.2, 0) is 4.79 Å². The number of benzene rings is 1. The van der Waals surface area contributed by atoms with Gasteiger partial charge in [-0.1, -0.05) is 6.42 Å². The van der Waals surface area contributed by atoms with Gasteiger partial charge in [0, 0.05) is 49.7 Å². The van der Waals surface area contributed by atoms with Gasteiger partial charge in [0.15, 0.2) is 11.5 Å². The summed E-state index contributed by atoms with van der Waals surface area (Å²) in [5, 5.41) is 10.8. The number of methoxy groups -OCH3 is 2. The van der Waals surface area contributed by atoms with Crippen molar-refractivity contribution in [2.75, 3.05) is 56.9 Å². The Hall–Kier alpha value is -2.52. The summed E-state index contributed by atoms with van der Waals surface area (Å²) in [6, 6.07) is 5.05. The van der Waals surface area contributed by atoms with Gasteiger partial charge in [-0.3, -0.25) is 9.69 Å². The molecule has 3 aliphatic rings. The van der Waals surface area contributed by atoms with Crippen LogP contribution in [0.2, 0.25) is 0 Å². The van der Waals surface area contributed by atoms with E-state index in [0.717, 1.165) is 73.4 Å². The van der Waals surface area contributed by atoms with E-state index in [1.54, 1.807) is 14.2 Å². The highest BCUT2D eigenvalue weighted by Crippen LogP contribution is 2.47. The number of halogens is 1. The van der Waals surface area contributed by atoms with Gasteiger partial charge in [-0.05, 0) is 62.8 Å². The van der Waals surface area contributed by atoms with Crippen LogP contribution in [0.4, 0.5) is 11.8 Å². The molecule has 0 spiro atoms. The van der Waals surface area contributed by atoms with E-state index < -0.39 is 0 Å². The number of rotatable bonds is 12. The molecule has 2 saturated carbocycles. The average Bonchev–Trinajstić information content (AvgIpc) is 3.58. The number of carbonyl (C=O) groups excluding carboxylic acids is 1. The van der Waals surface area contributed by atoms with E-state index in [1.807, 2.05) is 12.1 Å². The van der Waals surface area contributed by atoms with Crippen LogP contribution < -0.4 is 25.4 Å². The fraction of sp³-hybridized carbons (Fsp3) is 0.679. The van der Waals surface area contributed by atoms with Crippen molar-refractivity contribution in [1.29, 1.82) is 0 Å². The number of hydrogen-bond donors (Lipinski definition) is 3. The number of anilines is 2. The highest BCUT2D eigenvalue weighted by molar-refractivity contribution is 6.27. The summed E-state index contributed by atoms with van der Waals surface area (Å²) in [5.74, 6) is 4.48. The summed E-state index contributed by atoms with van der Waals surface area (Å²) in [6.45, 7) is 3.61. The first-order chi connectivity index (χ1) is 18.6. The predicted octanol–water partition coefficient (Wildman–Crippen LogP) is 4.26. The second-order valence-electron chi connectivity index (χ2n) is 10.9. The monoisotopic (exact) mass is 544 g/mol. The summed E-state index contributed by atoms with van der Waals surface area (Å²) in [4.78, 5) is 23.7. The van der Waals surface area contributed by atoms with Crippen LogP contribution >= 0.6 is 11.6 Å². The third-order valence-electron chi connectivity index (χ3n) is 8.57. The summed E-state index contributed by atoms with van der Waals surface area (Å²) in [7, 11) is 3.28. The van der Waals surface area contributed by atoms with Crippen molar-refractivity contribution in [3.63, 3.8) is 0 Å². The number of hydrogen-bond acceptors (Lipinski definition) is 8. The molecule has 3 unspecified atom stereocenters. The Morgan fingerprint density at radius 3 is 2.47 bits per heavy atom. The summed E-state index contributed by atoms with van der Waals surface area (Å²) in [5.41, 5.74) is 0.802. The standard InChI is InChI=1S/C28H41ClN6O3/c1-37-24-15-21-22(16-25(24)38-2)33-28(31-10-4-3-9-30-26(36)17-29)34-27(21)32-20-7-11-35(12-8-20)23-14-18-5-6-19(23)13-18/h15-16,18-20,23H,3-14,17H2,1-2H3,(H,30,36)(H2,31,32,33,34).